The molecule has 0 spiro atoms. The first-order valence-corrected chi connectivity index (χ1v) is 4.54. The lowest BCUT2D eigenvalue weighted by Gasteiger charge is -2.07. The number of hydrogen-bond acceptors (Lipinski definition) is 4. The maximum Gasteiger partial charge on any atom is 0.332 e. The Bertz CT molecular complexity index is 269. The minimum atomic E-state index is -0.347. The fraction of sp³-hybridized carbons (Fsp3) is 0.500. The number of rotatable bonds is 1. The summed E-state index contributed by atoms with van der Waals surface area (Å²) in [6, 6.07) is 0. The lowest BCUT2D eigenvalue weighted by molar-refractivity contribution is -0.136. The molecule has 0 unspecified atom stereocenters. The molecule has 0 atom stereocenters. The number of hydrogen-bond donors (Lipinski definition) is 1. The smallest absolute Gasteiger partial charge is 0.332 e. The van der Waals surface area contributed by atoms with Gasteiger partial charge in [0.2, 0.25) is 11.8 Å². The zero-order chi connectivity index (χ0) is 11.8. The largest absolute Gasteiger partial charge is 0.466 e. The molecule has 0 aliphatic carbocycles. The van der Waals surface area contributed by atoms with Crippen LogP contribution < -0.4 is 5.32 Å². The summed E-state index contributed by atoms with van der Waals surface area (Å²) in [6.07, 6.45) is 1.72. The number of piperidine rings is 1. The van der Waals surface area contributed by atoms with Crippen molar-refractivity contribution in [1.29, 1.82) is 0 Å². The van der Waals surface area contributed by atoms with Crippen molar-refractivity contribution >= 4 is 17.8 Å². The Kier molecular flexibility index (Phi) is 6.01. The van der Waals surface area contributed by atoms with E-state index in [2.05, 4.69) is 16.6 Å². The van der Waals surface area contributed by atoms with Gasteiger partial charge in [-0.1, -0.05) is 6.58 Å². The molecule has 1 fully saturated rings. The van der Waals surface area contributed by atoms with Crippen LogP contribution in [-0.4, -0.2) is 24.9 Å². The fourth-order valence-corrected chi connectivity index (χ4v) is 0.864. The van der Waals surface area contributed by atoms with Crippen LogP contribution in [0.25, 0.3) is 0 Å². The Morgan fingerprint density at radius 2 is 1.80 bits per heavy atom. The van der Waals surface area contributed by atoms with Crippen LogP contribution in [0.4, 0.5) is 0 Å². The van der Waals surface area contributed by atoms with Gasteiger partial charge in [-0.3, -0.25) is 14.9 Å². The molecule has 1 N–H and O–H groups in total. The van der Waals surface area contributed by atoms with Crippen molar-refractivity contribution in [2.24, 2.45) is 0 Å². The highest BCUT2D eigenvalue weighted by atomic mass is 16.5. The van der Waals surface area contributed by atoms with Crippen LogP contribution in [-0.2, 0) is 19.1 Å². The van der Waals surface area contributed by atoms with Crippen molar-refractivity contribution < 1.29 is 19.1 Å². The molecule has 0 bridgehead atoms. The van der Waals surface area contributed by atoms with Gasteiger partial charge in [-0.15, -0.1) is 0 Å². The lowest BCUT2D eigenvalue weighted by Crippen LogP contribution is -2.33. The Morgan fingerprint density at radius 1 is 1.33 bits per heavy atom. The first kappa shape index (κ1) is 13.4. The standard InChI is InChI=1S/C5H7NO2.C5H8O2/c7-4-2-1-3-5(8)6-4;1-4(2)5(6)7-3/h1-3H2,(H,6,7,8);1H2,2-3H3. The summed E-state index contributed by atoms with van der Waals surface area (Å²) in [5.41, 5.74) is 0.433. The van der Waals surface area contributed by atoms with E-state index in [0.29, 0.717) is 24.8 Å². The maximum absolute atomic E-state index is 10.3. The number of carbonyl (C=O) groups is 3. The second kappa shape index (κ2) is 6.75. The molecule has 5 heteroatoms. The molecule has 1 rings (SSSR count). The van der Waals surface area contributed by atoms with Gasteiger partial charge in [0.1, 0.15) is 0 Å². The Balaban J connectivity index is 0.000000265. The molecule has 0 aromatic rings. The quantitative estimate of drug-likeness (QED) is 0.392. The monoisotopic (exact) mass is 213 g/mol. The van der Waals surface area contributed by atoms with E-state index in [4.69, 9.17) is 0 Å². The summed E-state index contributed by atoms with van der Waals surface area (Å²) in [5.74, 6) is -0.623. The van der Waals surface area contributed by atoms with Crippen molar-refractivity contribution in [1.82, 2.24) is 5.32 Å². The molecule has 84 valence electrons. The highest BCUT2D eigenvalue weighted by Gasteiger charge is 2.12. The number of ether oxygens (including phenoxy) is 1. The highest BCUT2D eigenvalue weighted by molar-refractivity contribution is 5.97. The van der Waals surface area contributed by atoms with E-state index in [1.54, 1.807) is 6.92 Å². The second-order valence-corrected chi connectivity index (χ2v) is 3.10. The van der Waals surface area contributed by atoms with Gasteiger partial charge in [0.05, 0.1) is 7.11 Å². The van der Waals surface area contributed by atoms with Gasteiger partial charge in [-0.25, -0.2) is 4.79 Å². The maximum atomic E-state index is 10.3. The predicted molar refractivity (Wildman–Crippen MR) is 53.8 cm³/mol. The number of nitrogens with one attached hydrogen (secondary N) is 1. The number of imide groups is 1. The molecule has 1 aliphatic rings. The van der Waals surface area contributed by atoms with Crippen molar-refractivity contribution in [2.75, 3.05) is 7.11 Å². The van der Waals surface area contributed by atoms with Crippen molar-refractivity contribution in [2.45, 2.75) is 26.2 Å². The highest BCUT2D eigenvalue weighted by Crippen LogP contribution is 2.00. The molecule has 5 nitrogen and oxygen atoms in total. The van der Waals surface area contributed by atoms with Gasteiger partial charge in [0.25, 0.3) is 0 Å². The molecule has 2 amide bonds. The van der Waals surface area contributed by atoms with Gasteiger partial charge in [-0.05, 0) is 13.3 Å². The van der Waals surface area contributed by atoms with E-state index in [1.165, 1.54) is 7.11 Å². The topological polar surface area (TPSA) is 72.5 Å². The van der Waals surface area contributed by atoms with Crippen molar-refractivity contribution in [3.05, 3.63) is 12.2 Å². The van der Waals surface area contributed by atoms with Crippen LogP contribution >= 0.6 is 0 Å². The summed E-state index contributed by atoms with van der Waals surface area (Å²) < 4.78 is 4.27. The van der Waals surface area contributed by atoms with Crippen LogP contribution in [0.2, 0.25) is 0 Å². The van der Waals surface area contributed by atoms with E-state index >= 15 is 0 Å². The normalized spacial score (nSPS) is 14.5. The van der Waals surface area contributed by atoms with Crippen LogP contribution in [0.5, 0.6) is 0 Å². The summed E-state index contributed by atoms with van der Waals surface area (Å²) in [4.78, 5) is 30.9. The van der Waals surface area contributed by atoms with E-state index < -0.39 is 0 Å². The zero-order valence-corrected chi connectivity index (χ0v) is 8.96. The van der Waals surface area contributed by atoms with Gasteiger partial charge >= 0.3 is 5.97 Å². The van der Waals surface area contributed by atoms with E-state index in [9.17, 15) is 14.4 Å². The molecule has 0 aromatic heterocycles. The van der Waals surface area contributed by atoms with E-state index in [-0.39, 0.29) is 17.8 Å². The lowest BCUT2D eigenvalue weighted by atomic mass is 10.1. The third-order valence-electron chi connectivity index (χ3n) is 1.62. The summed E-state index contributed by atoms with van der Waals surface area (Å²) in [6.45, 7) is 4.95. The third kappa shape index (κ3) is 6.42. The van der Waals surface area contributed by atoms with Crippen LogP contribution in [0.1, 0.15) is 26.2 Å². The van der Waals surface area contributed by atoms with E-state index in [1.807, 2.05) is 0 Å². The van der Waals surface area contributed by atoms with Crippen LogP contribution in [0, 0.1) is 0 Å². The minimum absolute atomic E-state index is 0.138. The van der Waals surface area contributed by atoms with Gasteiger partial charge in [0, 0.05) is 18.4 Å². The predicted octanol–water partition coefficient (Wildman–Crippen LogP) is 0.549. The number of methoxy groups -OCH3 is 1. The Hall–Kier alpha value is -1.65. The van der Waals surface area contributed by atoms with Gasteiger partial charge in [0.15, 0.2) is 0 Å². The second-order valence-electron chi connectivity index (χ2n) is 3.10. The number of esters is 1. The first-order chi connectivity index (χ1) is 6.97. The summed E-state index contributed by atoms with van der Waals surface area (Å²) in [5, 5.41) is 2.20. The minimum Gasteiger partial charge on any atom is -0.466 e. The van der Waals surface area contributed by atoms with Crippen molar-refractivity contribution in [3.8, 4) is 0 Å². The zero-order valence-electron chi connectivity index (χ0n) is 8.96. The van der Waals surface area contributed by atoms with E-state index in [0.717, 1.165) is 0 Å². The summed E-state index contributed by atoms with van der Waals surface area (Å²) >= 11 is 0. The molecule has 1 saturated heterocycles. The molecule has 1 heterocycles. The molecule has 0 radical (unpaired) electrons. The number of amides is 2. The van der Waals surface area contributed by atoms with Crippen molar-refractivity contribution in [3.63, 3.8) is 0 Å². The molecule has 0 aromatic carbocycles. The Morgan fingerprint density at radius 3 is 1.93 bits per heavy atom. The van der Waals surface area contributed by atoms with Gasteiger partial charge in [-0.2, -0.15) is 0 Å². The molecule has 0 saturated carbocycles. The SMILES string of the molecule is C=C(C)C(=O)OC.O=C1CCCC(=O)N1. The van der Waals surface area contributed by atoms with Crippen LogP contribution in [0.15, 0.2) is 12.2 Å². The fourth-order valence-electron chi connectivity index (χ4n) is 0.864. The molecule has 15 heavy (non-hydrogen) atoms. The molecular formula is C10H15NO4. The first-order valence-electron chi connectivity index (χ1n) is 4.54. The molecular weight excluding hydrogens is 198 g/mol. The Labute approximate surface area is 88.5 Å². The average molecular weight is 213 g/mol. The third-order valence-corrected chi connectivity index (χ3v) is 1.62. The molecule has 1 aliphatic heterocycles. The van der Waals surface area contributed by atoms with Gasteiger partial charge < -0.3 is 4.74 Å². The summed E-state index contributed by atoms with van der Waals surface area (Å²) in [7, 11) is 1.33. The number of carbonyl (C=O) groups excluding carboxylic acids is 3. The average Bonchev–Trinajstić information content (AvgIpc) is 2.17. The van der Waals surface area contributed by atoms with Crippen LogP contribution in [0.3, 0.4) is 0 Å².